The molecule has 2 N–H and O–H groups in total. The van der Waals surface area contributed by atoms with Crippen molar-refractivity contribution in [1.82, 2.24) is 0 Å². The van der Waals surface area contributed by atoms with Gasteiger partial charge in [-0.2, -0.15) is 11.8 Å². The highest BCUT2D eigenvalue weighted by atomic mass is 79.9. The first kappa shape index (κ1) is 9.41. The van der Waals surface area contributed by atoms with Crippen LogP contribution in [-0.2, 0) is 0 Å². The molecule has 1 heterocycles. The van der Waals surface area contributed by atoms with E-state index in [9.17, 15) is 0 Å². The van der Waals surface area contributed by atoms with Gasteiger partial charge in [0.05, 0.1) is 0 Å². The summed E-state index contributed by atoms with van der Waals surface area (Å²) in [4.78, 5) is 0. The van der Waals surface area contributed by atoms with Crippen molar-refractivity contribution in [2.24, 2.45) is 0 Å². The van der Waals surface area contributed by atoms with Crippen LogP contribution in [0.25, 0.3) is 0 Å². The highest BCUT2D eigenvalue weighted by Gasteiger charge is 2.17. The molecule has 0 spiro atoms. The molecule has 1 fully saturated rings. The zero-order valence-electron chi connectivity index (χ0n) is 7.29. The molecule has 1 aromatic carbocycles. The van der Waals surface area contributed by atoms with Crippen LogP contribution in [0.15, 0.2) is 22.7 Å². The number of halogens is 1. The molecule has 0 aromatic heterocycles. The highest BCUT2D eigenvalue weighted by molar-refractivity contribution is 9.10. The molecular weight excluding hydrogens is 246 g/mol. The molecule has 0 bridgehead atoms. The monoisotopic (exact) mass is 257 g/mol. The third-order valence-corrected chi connectivity index (χ3v) is 4.31. The Hall–Kier alpha value is -0.150. The topological polar surface area (TPSA) is 26.0 Å². The molecule has 13 heavy (non-hydrogen) atoms. The predicted molar refractivity (Wildman–Crippen MR) is 63.2 cm³/mol. The summed E-state index contributed by atoms with van der Waals surface area (Å²) >= 11 is 5.44. The summed E-state index contributed by atoms with van der Waals surface area (Å²) < 4.78 is 1.00. The third kappa shape index (κ3) is 2.02. The van der Waals surface area contributed by atoms with Gasteiger partial charge in [0.25, 0.3) is 0 Å². The zero-order chi connectivity index (χ0) is 9.26. The van der Waals surface area contributed by atoms with E-state index in [1.165, 1.54) is 23.5 Å². The predicted octanol–water partition coefficient (Wildman–Crippen LogP) is 3.25. The van der Waals surface area contributed by atoms with Crippen molar-refractivity contribution in [3.63, 3.8) is 0 Å². The molecule has 1 aromatic rings. The molecule has 1 unspecified atom stereocenters. The van der Waals surface area contributed by atoms with E-state index >= 15 is 0 Å². The van der Waals surface area contributed by atoms with Gasteiger partial charge in [-0.25, -0.2) is 0 Å². The molecule has 1 nitrogen and oxygen atoms in total. The lowest BCUT2D eigenvalue weighted by Crippen LogP contribution is -1.97. The van der Waals surface area contributed by atoms with Gasteiger partial charge in [-0.3, -0.25) is 0 Å². The molecule has 2 rings (SSSR count). The molecule has 0 saturated carbocycles. The fourth-order valence-electron chi connectivity index (χ4n) is 1.61. The van der Waals surface area contributed by atoms with Gasteiger partial charge in [-0.05, 0) is 51.7 Å². The molecule has 1 aliphatic rings. The van der Waals surface area contributed by atoms with Gasteiger partial charge in [0.1, 0.15) is 0 Å². The van der Waals surface area contributed by atoms with Gasteiger partial charge in [0, 0.05) is 15.9 Å². The Morgan fingerprint density at radius 3 is 2.92 bits per heavy atom. The van der Waals surface area contributed by atoms with Crippen molar-refractivity contribution in [3.05, 3.63) is 28.2 Å². The van der Waals surface area contributed by atoms with E-state index in [0.717, 1.165) is 16.1 Å². The molecular formula is C10H12BrNS. The van der Waals surface area contributed by atoms with Crippen LogP contribution in [0, 0.1) is 0 Å². The Balaban J connectivity index is 2.25. The van der Waals surface area contributed by atoms with E-state index < -0.39 is 0 Å². The van der Waals surface area contributed by atoms with Gasteiger partial charge in [-0.1, -0.05) is 6.07 Å². The van der Waals surface area contributed by atoms with Gasteiger partial charge in [0.15, 0.2) is 0 Å². The summed E-state index contributed by atoms with van der Waals surface area (Å²) in [5.74, 6) is 3.27. The first-order chi connectivity index (χ1) is 6.27. The van der Waals surface area contributed by atoms with Crippen LogP contribution >= 0.6 is 27.7 Å². The molecule has 0 radical (unpaired) electrons. The number of rotatable bonds is 1. The summed E-state index contributed by atoms with van der Waals surface area (Å²) in [6.07, 6.45) is 1.30. The average molecular weight is 258 g/mol. The zero-order valence-corrected chi connectivity index (χ0v) is 9.70. The Labute approximate surface area is 91.2 Å². The van der Waals surface area contributed by atoms with Crippen molar-refractivity contribution in [3.8, 4) is 0 Å². The van der Waals surface area contributed by atoms with Crippen LogP contribution in [0.2, 0.25) is 0 Å². The summed E-state index contributed by atoms with van der Waals surface area (Å²) in [5.41, 5.74) is 8.08. The minimum absolute atomic E-state index is 0.723. The smallest absolute Gasteiger partial charge is 0.0461 e. The van der Waals surface area contributed by atoms with E-state index in [4.69, 9.17) is 5.73 Å². The number of benzene rings is 1. The van der Waals surface area contributed by atoms with Crippen LogP contribution < -0.4 is 5.73 Å². The van der Waals surface area contributed by atoms with Crippen molar-refractivity contribution < 1.29 is 0 Å². The number of anilines is 1. The molecule has 1 saturated heterocycles. The van der Waals surface area contributed by atoms with E-state index in [-0.39, 0.29) is 0 Å². The Bertz CT molecular complexity index is 308. The first-order valence-corrected chi connectivity index (χ1v) is 6.35. The normalized spacial score (nSPS) is 22.1. The van der Waals surface area contributed by atoms with Gasteiger partial charge in [0.2, 0.25) is 0 Å². The van der Waals surface area contributed by atoms with E-state index in [0.29, 0.717) is 0 Å². The third-order valence-electron chi connectivity index (χ3n) is 2.42. The minimum atomic E-state index is 0.723. The maximum Gasteiger partial charge on any atom is 0.0461 e. The lowest BCUT2D eigenvalue weighted by atomic mass is 9.98. The van der Waals surface area contributed by atoms with Gasteiger partial charge >= 0.3 is 0 Å². The molecule has 70 valence electrons. The maximum atomic E-state index is 5.83. The largest absolute Gasteiger partial charge is 0.398 e. The number of nitrogen functional groups attached to an aromatic ring is 1. The first-order valence-electron chi connectivity index (χ1n) is 4.40. The lowest BCUT2D eigenvalue weighted by Gasteiger charge is -2.09. The van der Waals surface area contributed by atoms with Crippen molar-refractivity contribution in [2.75, 3.05) is 17.2 Å². The number of thioether (sulfide) groups is 1. The number of hydrogen-bond acceptors (Lipinski definition) is 2. The van der Waals surface area contributed by atoms with Crippen LogP contribution in [0.1, 0.15) is 17.9 Å². The Morgan fingerprint density at radius 2 is 2.31 bits per heavy atom. The Morgan fingerprint density at radius 1 is 1.46 bits per heavy atom. The molecule has 1 aliphatic heterocycles. The lowest BCUT2D eigenvalue weighted by molar-refractivity contribution is 0.782. The highest BCUT2D eigenvalue weighted by Crippen LogP contribution is 2.34. The number of hydrogen-bond donors (Lipinski definition) is 1. The van der Waals surface area contributed by atoms with Crippen LogP contribution in [0.3, 0.4) is 0 Å². The van der Waals surface area contributed by atoms with Gasteiger partial charge < -0.3 is 5.73 Å². The molecule has 1 atom stereocenters. The van der Waals surface area contributed by atoms with Gasteiger partial charge in [-0.15, -0.1) is 0 Å². The second kappa shape index (κ2) is 3.93. The van der Waals surface area contributed by atoms with Crippen molar-refractivity contribution >= 4 is 33.4 Å². The fraction of sp³-hybridized carbons (Fsp3) is 0.400. The number of nitrogens with two attached hydrogens (primary N) is 1. The van der Waals surface area contributed by atoms with E-state index in [1.54, 1.807) is 0 Å². The Kier molecular flexibility index (Phi) is 2.84. The van der Waals surface area contributed by atoms with Crippen molar-refractivity contribution in [2.45, 2.75) is 12.3 Å². The summed E-state index contributed by atoms with van der Waals surface area (Å²) in [7, 11) is 0. The maximum absolute atomic E-state index is 5.83. The second-order valence-corrected chi connectivity index (χ2v) is 5.35. The van der Waals surface area contributed by atoms with E-state index in [1.807, 2.05) is 17.8 Å². The summed E-state index contributed by atoms with van der Waals surface area (Å²) in [6.45, 7) is 0. The van der Waals surface area contributed by atoms with Crippen molar-refractivity contribution in [1.29, 1.82) is 0 Å². The quantitative estimate of drug-likeness (QED) is 0.782. The van der Waals surface area contributed by atoms with Crippen LogP contribution in [0.5, 0.6) is 0 Å². The summed E-state index contributed by atoms with van der Waals surface area (Å²) in [5, 5.41) is 0. The molecule has 3 heteroatoms. The fourth-order valence-corrected chi connectivity index (χ4v) is 3.12. The summed E-state index contributed by atoms with van der Waals surface area (Å²) in [6, 6.07) is 6.32. The standard InChI is InChI=1S/C10H12BrNS/c11-9-2-1-7(5-10(9)12)8-3-4-13-6-8/h1-2,5,8H,3-4,6,12H2. The molecule has 0 amide bonds. The van der Waals surface area contributed by atoms with Crippen LogP contribution in [-0.4, -0.2) is 11.5 Å². The SMILES string of the molecule is Nc1cc(C2CCSC2)ccc1Br. The second-order valence-electron chi connectivity index (χ2n) is 3.34. The van der Waals surface area contributed by atoms with Crippen LogP contribution in [0.4, 0.5) is 5.69 Å². The van der Waals surface area contributed by atoms with E-state index in [2.05, 4.69) is 28.1 Å². The molecule has 0 aliphatic carbocycles. The minimum Gasteiger partial charge on any atom is -0.398 e. The average Bonchev–Trinajstić information content (AvgIpc) is 2.62.